The van der Waals surface area contributed by atoms with Gasteiger partial charge in [0.1, 0.15) is 30.5 Å². The van der Waals surface area contributed by atoms with E-state index in [1.54, 1.807) is 0 Å². The van der Waals surface area contributed by atoms with Gasteiger partial charge in [-0.25, -0.2) is 0 Å². The number of aliphatic hydroxyl groups is 6. The van der Waals surface area contributed by atoms with Gasteiger partial charge in [-0.1, -0.05) is 0 Å². The number of Topliss-reactive ketones (excluding diaryl/α,β-unsaturated/α-hetero) is 1. The zero-order valence-electron chi connectivity index (χ0n) is 11.6. The summed E-state index contributed by atoms with van der Waals surface area (Å²) in [5.41, 5.74) is -3.62. The van der Waals surface area contributed by atoms with Crippen molar-refractivity contribution in [1.82, 2.24) is 0 Å². The summed E-state index contributed by atoms with van der Waals surface area (Å²) >= 11 is 0. The molecule has 0 aliphatic heterocycles. The molecule has 0 saturated heterocycles. The monoisotopic (exact) mass is 329 g/mol. The highest BCUT2D eigenvalue weighted by Gasteiger charge is 2.61. The summed E-state index contributed by atoms with van der Waals surface area (Å²) in [5, 5.41) is 69.3. The zero-order chi connectivity index (χ0) is 17.5. The molecule has 126 valence electrons. The minimum Gasteiger partial charge on any atom is -0.387 e. The van der Waals surface area contributed by atoms with Gasteiger partial charge in [0.05, 0.1) is 4.92 Å². The Morgan fingerprint density at radius 3 is 1.78 bits per heavy atom. The summed E-state index contributed by atoms with van der Waals surface area (Å²) in [6, 6.07) is 3.92. The van der Waals surface area contributed by atoms with Crippen LogP contribution in [0.25, 0.3) is 0 Å². The number of ketones is 1. The van der Waals surface area contributed by atoms with Gasteiger partial charge in [0.15, 0.2) is 11.4 Å². The van der Waals surface area contributed by atoms with Crippen molar-refractivity contribution in [1.29, 1.82) is 0 Å². The van der Waals surface area contributed by atoms with Crippen LogP contribution in [0.2, 0.25) is 0 Å². The molecule has 0 radical (unpaired) electrons. The van der Waals surface area contributed by atoms with E-state index in [1.165, 1.54) is 0 Å². The molecule has 6 atom stereocenters. The number of aliphatic hydroxyl groups excluding tert-OH is 5. The van der Waals surface area contributed by atoms with E-state index in [9.17, 15) is 45.5 Å². The molecule has 0 spiro atoms. The molecule has 10 heteroatoms. The van der Waals surface area contributed by atoms with Crippen LogP contribution in [0.1, 0.15) is 10.4 Å². The molecule has 6 N–H and O–H groups in total. The number of non-ortho nitro benzene ring substituents is 1. The predicted molar refractivity (Wildman–Crippen MR) is 72.4 cm³/mol. The Labute approximate surface area is 129 Å². The average Bonchev–Trinajstić information content (AvgIpc) is 2.55. The molecule has 23 heavy (non-hydrogen) atoms. The Bertz CT molecular complexity index is 600. The molecule has 0 aromatic heterocycles. The largest absolute Gasteiger partial charge is 0.387 e. The van der Waals surface area contributed by atoms with Crippen LogP contribution in [0.15, 0.2) is 24.3 Å². The highest BCUT2D eigenvalue weighted by Crippen LogP contribution is 2.33. The van der Waals surface area contributed by atoms with Crippen LogP contribution in [0, 0.1) is 10.1 Å². The van der Waals surface area contributed by atoms with Crippen LogP contribution in [-0.4, -0.2) is 77.5 Å². The maximum absolute atomic E-state index is 12.4. The van der Waals surface area contributed by atoms with Crippen LogP contribution < -0.4 is 0 Å². The molecule has 1 saturated carbocycles. The molecule has 10 nitrogen and oxygen atoms in total. The van der Waals surface area contributed by atoms with E-state index in [-0.39, 0.29) is 11.3 Å². The number of rotatable bonds is 3. The van der Waals surface area contributed by atoms with Gasteiger partial charge in [-0.2, -0.15) is 0 Å². The van der Waals surface area contributed by atoms with Gasteiger partial charge >= 0.3 is 0 Å². The van der Waals surface area contributed by atoms with E-state index in [0.29, 0.717) is 0 Å². The lowest BCUT2D eigenvalue weighted by Crippen LogP contribution is -2.73. The summed E-state index contributed by atoms with van der Waals surface area (Å²) in [6.07, 6.45) is -10.7. The Kier molecular flexibility index (Phi) is 4.48. The molecule has 1 aromatic carbocycles. The first-order valence-electron chi connectivity index (χ1n) is 6.54. The van der Waals surface area contributed by atoms with Crippen LogP contribution in [-0.2, 0) is 0 Å². The van der Waals surface area contributed by atoms with Crippen molar-refractivity contribution in [2.75, 3.05) is 0 Å². The molecule has 0 heterocycles. The van der Waals surface area contributed by atoms with E-state index in [1.807, 2.05) is 0 Å². The van der Waals surface area contributed by atoms with Crippen molar-refractivity contribution < 1.29 is 40.4 Å². The Hall–Kier alpha value is -1.95. The summed E-state index contributed by atoms with van der Waals surface area (Å²) in [7, 11) is 0. The Balaban J connectivity index is 2.40. The highest BCUT2D eigenvalue weighted by atomic mass is 16.6. The van der Waals surface area contributed by atoms with Crippen molar-refractivity contribution in [3.05, 3.63) is 39.9 Å². The van der Waals surface area contributed by atoms with Crippen LogP contribution in [0.3, 0.4) is 0 Å². The quantitative estimate of drug-likeness (QED) is 0.196. The van der Waals surface area contributed by atoms with Gasteiger partial charge in [0, 0.05) is 17.7 Å². The van der Waals surface area contributed by atoms with Gasteiger partial charge in [-0.15, -0.1) is 0 Å². The molecule has 2 unspecified atom stereocenters. The first-order valence-corrected chi connectivity index (χ1v) is 6.54. The lowest BCUT2D eigenvalue weighted by molar-refractivity contribution is -0.384. The molecular formula is C13H15NO9. The second-order valence-electron chi connectivity index (χ2n) is 5.32. The van der Waals surface area contributed by atoms with Gasteiger partial charge in [0.25, 0.3) is 5.69 Å². The van der Waals surface area contributed by atoms with Crippen LogP contribution in [0.5, 0.6) is 0 Å². The second-order valence-corrected chi connectivity index (χ2v) is 5.32. The van der Waals surface area contributed by atoms with Gasteiger partial charge < -0.3 is 30.6 Å². The summed E-state index contributed by atoms with van der Waals surface area (Å²) in [5.74, 6) is -1.27. The highest BCUT2D eigenvalue weighted by molar-refractivity contribution is 6.03. The molecular weight excluding hydrogens is 314 g/mol. The number of hydrogen-bond donors (Lipinski definition) is 6. The number of carbonyl (C=O) groups excluding carboxylic acids is 1. The maximum atomic E-state index is 12.4. The number of hydrogen-bond acceptors (Lipinski definition) is 9. The lowest BCUT2D eigenvalue weighted by Gasteiger charge is -2.46. The minimum absolute atomic E-state index is 0.299. The van der Waals surface area contributed by atoms with Crippen molar-refractivity contribution >= 4 is 11.5 Å². The normalized spacial score (nSPS) is 37.4. The molecule has 1 aliphatic carbocycles. The maximum Gasteiger partial charge on any atom is 0.269 e. The van der Waals surface area contributed by atoms with Gasteiger partial charge in [-0.3, -0.25) is 14.9 Å². The van der Waals surface area contributed by atoms with E-state index in [4.69, 9.17) is 0 Å². The minimum atomic E-state index is -2.99. The first kappa shape index (κ1) is 17.4. The molecule has 2 rings (SSSR count). The number of nitro groups is 1. The fourth-order valence-electron chi connectivity index (χ4n) is 2.51. The van der Waals surface area contributed by atoms with Crippen molar-refractivity contribution in [2.45, 2.75) is 36.1 Å². The number of nitro benzene ring substituents is 1. The van der Waals surface area contributed by atoms with E-state index in [0.717, 1.165) is 24.3 Å². The molecule has 0 amide bonds. The molecule has 0 bridgehead atoms. The van der Waals surface area contributed by atoms with Crippen molar-refractivity contribution in [2.24, 2.45) is 0 Å². The fraction of sp³-hybridized carbons (Fsp3) is 0.462. The number of nitrogens with zero attached hydrogens (tertiary/aromatic N) is 1. The van der Waals surface area contributed by atoms with E-state index >= 15 is 0 Å². The van der Waals surface area contributed by atoms with Gasteiger partial charge in [0.2, 0.25) is 0 Å². The predicted octanol–water partition coefficient (Wildman–Crippen LogP) is -2.67. The van der Waals surface area contributed by atoms with E-state index in [2.05, 4.69) is 0 Å². The lowest BCUT2D eigenvalue weighted by atomic mass is 9.71. The third-order valence-corrected chi connectivity index (χ3v) is 3.95. The first-order chi connectivity index (χ1) is 10.6. The van der Waals surface area contributed by atoms with Crippen molar-refractivity contribution in [3.63, 3.8) is 0 Å². The smallest absolute Gasteiger partial charge is 0.269 e. The summed E-state index contributed by atoms with van der Waals surface area (Å²) in [6.45, 7) is 0. The Morgan fingerprint density at radius 2 is 1.39 bits per heavy atom. The third kappa shape index (κ3) is 2.61. The standard InChI is InChI=1S/C13H15NO9/c15-7-8(16)11(19)13(21,12(20)9(7)17)10(18)5-1-3-6(4-2-5)14(22)23/h1-4,7-9,11-12,15-17,19-21H/t7?,8-,9+,11-,12-,13?/m1/s1. The summed E-state index contributed by atoms with van der Waals surface area (Å²) in [4.78, 5) is 22.2. The van der Waals surface area contributed by atoms with E-state index < -0.39 is 46.8 Å². The number of benzene rings is 1. The number of carbonyl (C=O) groups is 1. The Morgan fingerprint density at radius 1 is 0.957 bits per heavy atom. The SMILES string of the molecule is O=C(c1ccc([N+](=O)[O-])cc1)C1(O)[C@H](O)[C@H](O)C(O)[C@H](O)[C@H]1O. The topological polar surface area (TPSA) is 182 Å². The zero-order valence-corrected chi connectivity index (χ0v) is 11.6. The molecule has 1 fully saturated rings. The van der Waals surface area contributed by atoms with Crippen LogP contribution >= 0.6 is 0 Å². The molecule has 1 aromatic rings. The fourth-order valence-corrected chi connectivity index (χ4v) is 2.51. The van der Waals surface area contributed by atoms with Gasteiger partial charge in [-0.05, 0) is 12.1 Å². The summed E-state index contributed by atoms with van der Waals surface area (Å²) < 4.78 is 0. The molecule has 1 aliphatic rings. The van der Waals surface area contributed by atoms with Crippen molar-refractivity contribution in [3.8, 4) is 0 Å². The van der Waals surface area contributed by atoms with Crippen LogP contribution in [0.4, 0.5) is 5.69 Å². The third-order valence-electron chi connectivity index (χ3n) is 3.95. The second kappa shape index (κ2) is 5.92. The average molecular weight is 329 g/mol.